The third kappa shape index (κ3) is 3.53. The maximum atomic E-state index is 12.6. The molecule has 0 aromatic heterocycles. The van der Waals surface area contributed by atoms with Crippen molar-refractivity contribution in [3.63, 3.8) is 0 Å². The molecule has 0 saturated carbocycles. The first-order valence-corrected chi connectivity index (χ1v) is 9.97. The van der Waals surface area contributed by atoms with E-state index in [2.05, 4.69) is 10.5 Å². The second-order valence-electron chi connectivity index (χ2n) is 7.42. The zero-order valence-corrected chi connectivity index (χ0v) is 16.8. The lowest BCUT2D eigenvalue weighted by molar-refractivity contribution is -0.130. The number of nitrogens with zero attached hydrogens (tertiary/aromatic N) is 1. The minimum Gasteiger partial charge on any atom is -0.507 e. The molecule has 6 nitrogen and oxygen atoms in total. The molecule has 1 aliphatic rings. The summed E-state index contributed by atoms with van der Waals surface area (Å²) in [5, 5.41) is 18.5. The summed E-state index contributed by atoms with van der Waals surface area (Å²) in [5.74, 6) is 0.853. The topological polar surface area (TPSA) is 80.2 Å². The molecule has 2 N–H and O–H groups in total. The van der Waals surface area contributed by atoms with Crippen LogP contribution in [0, 0.1) is 0 Å². The van der Waals surface area contributed by atoms with Crippen molar-refractivity contribution in [1.82, 2.24) is 5.43 Å². The third-order valence-corrected chi connectivity index (χ3v) is 5.39. The van der Waals surface area contributed by atoms with Crippen molar-refractivity contribution in [3.8, 4) is 17.2 Å². The van der Waals surface area contributed by atoms with Gasteiger partial charge in [0, 0.05) is 10.9 Å². The summed E-state index contributed by atoms with van der Waals surface area (Å²) in [6.45, 7) is 1.82. The largest absolute Gasteiger partial charge is 0.507 e. The fourth-order valence-corrected chi connectivity index (χ4v) is 3.70. The molecular weight excluding hydrogens is 392 g/mol. The summed E-state index contributed by atoms with van der Waals surface area (Å²) < 4.78 is 11.6. The molecule has 1 aliphatic heterocycles. The number of carbonyl (C=O) groups is 1. The van der Waals surface area contributed by atoms with Gasteiger partial charge in [-0.1, -0.05) is 54.6 Å². The number of amides is 1. The molecule has 31 heavy (non-hydrogen) atoms. The Morgan fingerprint density at radius 3 is 2.42 bits per heavy atom. The van der Waals surface area contributed by atoms with Gasteiger partial charge in [0.15, 0.2) is 11.5 Å². The van der Waals surface area contributed by atoms with Crippen LogP contribution in [0.4, 0.5) is 0 Å². The average Bonchev–Trinajstić information content (AvgIpc) is 2.81. The van der Waals surface area contributed by atoms with Gasteiger partial charge < -0.3 is 14.6 Å². The molecule has 154 valence electrons. The number of ether oxygens (including phenoxy) is 2. The maximum Gasteiger partial charge on any atom is 0.284 e. The Morgan fingerprint density at radius 2 is 1.65 bits per heavy atom. The number of fused-ring (bicyclic) bond motifs is 3. The van der Waals surface area contributed by atoms with Crippen molar-refractivity contribution in [1.29, 1.82) is 0 Å². The zero-order chi connectivity index (χ0) is 21.4. The van der Waals surface area contributed by atoms with Crippen LogP contribution in [0.3, 0.4) is 0 Å². The van der Waals surface area contributed by atoms with Gasteiger partial charge in [0.05, 0.1) is 5.71 Å². The van der Waals surface area contributed by atoms with Crippen LogP contribution in [0.2, 0.25) is 0 Å². The first kappa shape index (κ1) is 18.9. The lowest BCUT2D eigenvalue weighted by Crippen LogP contribution is -2.42. The average molecular weight is 412 g/mol. The Kier molecular flexibility index (Phi) is 4.67. The van der Waals surface area contributed by atoms with E-state index in [1.54, 1.807) is 13.0 Å². The van der Waals surface area contributed by atoms with Crippen molar-refractivity contribution >= 4 is 33.2 Å². The second kappa shape index (κ2) is 7.65. The summed E-state index contributed by atoms with van der Waals surface area (Å²) in [6, 6.07) is 22.9. The van der Waals surface area contributed by atoms with Gasteiger partial charge in [-0.05, 0) is 41.3 Å². The molecule has 0 aliphatic carbocycles. The predicted octanol–water partition coefficient (Wildman–Crippen LogP) is 4.38. The van der Waals surface area contributed by atoms with Gasteiger partial charge in [-0.15, -0.1) is 0 Å². The van der Waals surface area contributed by atoms with Gasteiger partial charge in [0.2, 0.25) is 6.10 Å². The van der Waals surface area contributed by atoms with Gasteiger partial charge in [-0.3, -0.25) is 4.79 Å². The van der Waals surface area contributed by atoms with Crippen molar-refractivity contribution in [2.45, 2.75) is 13.0 Å². The highest BCUT2D eigenvalue weighted by Crippen LogP contribution is 2.36. The summed E-state index contributed by atoms with van der Waals surface area (Å²) in [7, 11) is 0. The Balaban J connectivity index is 1.33. The highest BCUT2D eigenvalue weighted by Gasteiger charge is 2.28. The molecule has 0 spiro atoms. The van der Waals surface area contributed by atoms with Crippen molar-refractivity contribution in [2.75, 3.05) is 6.61 Å². The van der Waals surface area contributed by atoms with Crippen LogP contribution in [0.15, 0.2) is 77.9 Å². The number of hydrogen-bond donors (Lipinski definition) is 2. The molecule has 0 bridgehead atoms. The van der Waals surface area contributed by atoms with Crippen molar-refractivity contribution in [3.05, 3.63) is 78.4 Å². The minimum atomic E-state index is -0.824. The van der Waals surface area contributed by atoms with E-state index in [-0.39, 0.29) is 12.4 Å². The Morgan fingerprint density at radius 1 is 0.968 bits per heavy atom. The highest BCUT2D eigenvalue weighted by molar-refractivity contribution is 6.06. The quantitative estimate of drug-likeness (QED) is 0.387. The third-order valence-electron chi connectivity index (χ3n) is 5.39. The Labute approximate surface area is 178 Å². The smallest absolute Gasteiger partial charge is 0.284 e. The van der Waals surface area contributed by atoms with E-state index in [4.69, 9.17) is 9.47 Å². The molecular formula is C25H20N2O4. The molecule has 0 radical (unpaired) electrons. The van der Waals surface area contributed by atoms with Crippen LogP contribution in [-0.4, -0.2) is 29.4 Å². The number of hydrazone groups is 1. The number of nitrogens with one attached hydrogen (secondary N) is 1. The highest BCUT2D eigenvalue weighted by atomic mass is 16.6. The van der Waals surface area contributed by atoms with Crippen LogP contribution >= 0.6 is 0 Å². The molecule has 1 atom stereocenters. The number of phenolic OH excluding ortho intramolecular Hbond substituents is 1. The first-order chi connectivity index (χ1) is 15.1. The van der Waals surface area contributed by atoms with Crippen LogP contribution in [0.1, 0.15) is 12.5 Å². The van der Waals surface area contributed by atoms with E-state index >= 15 is 0 Å². The van der Waals surface area contributed by atoms with E-state index in [1.165, 1.54) is 0 Å². The summed E-state index contributed by atoms with van der Waals surface area (Å²) in [5.41, 5.74) is 3.57. The summed E-state index contributed by atoms with van der Waals surface area (Å²) in [6.07, 6.45) is -0.824. The van der Waals surface area contributed by atoms with Gasteiger partial charge in [-0.25, -0.2) is 5.43 Å². The first-order valence-electron chi connectivity index (χ1n) is 9.97. The molecule has 6 heteroatoms. The van der Waals surface area contributed by atoms with E-state index in [0.717, 1.165) is 21.5 Å². The molecule has 0 fully saturated rings. The van der Waals surface area contributed by atoms with Crippen LogP contribution in [0.25, 0.3) is 21.5 Å². The molecule has 1 amide bonds. The van der Waals surface area contributed by atoms with Crippen molar-refractivity contribution < 1.29 is 19.4 Å². The van der Waals surface area contributed by atoms with Crippen LogP contribution < -0.4 is 14.9 Å². The van der Waals surface area contributed by atoms with Gasteiger partial charge >= 0.3 is 0 Å². The monoisotopic (exact) mass is 412 g/mol. The fraction of sp³-hybridized carbons (Fsp3) is 0.120. The number of benzene rings is 4. The van der Waals surface area contributed by atoms with E-state index in [9.17, 15) is 9.90 Å². The Hall–Kier alpha value is -4.06. The zero-order valence-electron chi connectivity index (χ0n) is 16.8. The standard InChI is InChI=1S/C25H20N2O4/c1-15(19-11-10-16-6-4-5-9-20(16)24(19)28)26-27-25(29)23-14-30-21-12-17-7-2-3-8-18(17)13-22(21)31-23/h2-13,23,28H,14H2,1H3,(H,27,29)/b26-15-. The Bertz CT molecular complexity index is 1350. The van der Waals surface area contributed by atoms with E-state index in [0.29, 0.717) is 22.8 Å². The van der Waals surface area contributed by atoms with Gasteiger partial charge in [0.1, 0.15) is 12.4 Å². The lowest BCUT2D eigenvalue weighted by atomic mass is 10.0. The van der Waals surface area contributed by atoms with E-state index in [1.807, 2.05) is 66.7 Å². The summed E-state index contributed by atoms with van der Waals surface area (Å²) >= 11 is 0. The SMILES string of the molecule is C/C(=N/NC(=O)C1COc2cc3ccccc3cc2O1)c1ccc2ccccc2c1O. The molecule has 5 rings (SSSR count). The molecule has 1 unspecified atom stereocenters. The molecule has 1 heterocycles. The summed E-state index contributed by atoms with van der Waals surface area (Å²) in [4.78, 5) is 12.6. The minimum absolute atomic E-state index is 0.0902. The fourth-order valence-electron chi connectivity index (χ4n) is 3.70. The number of aromatic hydroxyl groups is 1. The molecule has 0 saturated heterocycles. The number of rotatable bonds is 3. The molecule has 4 aromatic carbocycles. The normalized spacial score (nSPS) is 15.8. The predicted molar refractivity (Wildman–Crippen MR) is 120 cm³/mol. The number of carbonyl (C=O) groups excluding carboxylic acids is 1. The van der Waals surface area contributed by atoms with Gasteiger partial charge in [0.25, 0.3) is 5.91 Å². The number of hydrogen-bond acceptors (Lipinski definition) is 5. The second-order valence-corrected chi connectivity index (χ2v) is 7.42. The van der Waals surface area contributed by atoms with E-state index < -0.39 is 12.0 Å². The van der Waals surface area contributed by atoms with Crippen molar-refractivity contribution in [2.24, 2.45) is 5.10 Å². The lowest BCUT2D eigenvalue weighted by Gasteiger charge is -2.25. The van der Waals surface area contributed by atoms with Crippen LogP contribution in [0.5, 0.6) is 17.2 Å². The van der Waals surface area contributed by atoms with Gasteiger partial charge in [-0.2, -0.15) is 5.10 Å². The molecule has 4 aromatic rings. The van der Waals surface area contributed by atoms with Crippen LogP contribution in [-0.2, 0) is 4.79 Å². The maximum absolute atomic E-state index is 12.6. The number of phenols is 1.